The molecule has 9 heteroatoms. The molecule has 0 spiro atoms. The molecule has 1 aliphatic rings. The molecule has 1 aromatic heterocycles. The van der Waals surface area contributed by atoms with E-state index < -0.39 is 0 Å². The van der Waals surface area contributed by atoms with Crippen LogP contribution >= 0.6 is 11.6 Å². The number of nitrogens with zero attached hydrogens (tertiary/aromatic N) is 4. The Labute approximate surface area is 191 Å². The van der Waals surface area contributed by atoms with Crippen LogP contribution in [-0.4, -0.2) is 59.6 Å². The molecule has 3 aromatic rings. The van der Waals surface area contributed by atoms with Gasteiger partial charge in [0.05, 0.1) is 13.0 Å². The molecule has 1 N–H and O–H groups in total. The van der Waals surface area contributed by atoms with Crippen molar-refractivity contribution in [3.05, 3.63) is 65.0 Å². The number of carbonyl (C=O) groups excluding carboxylic acids is 2. The van der Waals surface area contributed by atoms with Crippen LogP contribution in [0, 0.1) is 6.92 Å². The molecule has 8 nitrogen and oxygen atoms in total. The van der Waals surface area contributed by atoms with Gasteiger partial charge in [-0.15, -0.1) is 0 Å². The molecule has 2 heterocycles. The third-order valence-electron chi connectivity index (χ3n) is 5.37. The van der Waals surface area contributed by atoms with Crippen molar-refractivity contribution < 1.29 is 14.1 Å². The van der Waals surface area contributed by atoms with E-state index in [-0.39, 0.29) is 24.8 Å². The number of carbonyl (C=O) groups is 2. The standard InChI is InChI=1S/C23H24ClN5O3/c1-16-26-23(27-32-16)18-4-8-20(9-5-18)28-10-12-29(13-11-28)22(31)15-25-21(30)14-17-2-6-19(24)7-3-17/h2-9H,10-15H2,1H3,(H,25,30). The largest absolute Gasteiger partial charge is 0.368 e. The first kappa shape index (κ1) is 21.8. The van der Waals surface area contributed by atoms with E-state index in [0.29, 0.717) is 29.8 Å². The monoisotopic (exact) mass is 453 g/mol. The first-order valence-electron chi connectivity index (χ1n) is 10.4. The Kier molecular flexibility index (Phi) is 6.70. The van der Waals surface area contributed by atoms with E-state index in [9.17, 15) is 9.59 Å². The summed E-state index contributed by atoms with van der Waals surface area (Å²) in [5.41, 5.74) is 2.83. The van der Waals surface area contributed by atoms with Crippen molar-refractivity contribution in [2.45, 2.75) is 13.3 Å². The molecule has 0 saturated carbocycles. The van der Waals surface area contributed by atoms with Crippen molar-refractivity contribution >= 4 is 29.1 Å². The molecule has 0 radical (unpaired) electrons. The summed E-state index contributed by atoms with van der Waals surface area (Å²) >= 11 is 5.86. The van der Waals surface area contributed by atoms with E-state index in [1.807, 2.05) is 24.3 Å². The number of hydrogen-bond donors (Lipinski definition) is 1. The zero-order chi connectivity index (χ0) is 22.5. The Balaban J connectivity index is 1.23. The predicted octanol–water partition coefficient (Wildman–Crippen LogP) is 2.71. The number of nitrogens with one attached hydrogen (secondary N) is 1. The van der Waals surface area contributed by atoms with Gasteiger partial charge >= 0.3 is 0 Å². The van der Waals surface area contributed by atoms with Crippen LogP contribution in [0.1, 0.15) is 11.5 Å². The average molecular weight is 454 g/mol. The summed E-state index contributed by atoms with van der Waals surface area (Å²) < 4.78 is 5.03. The van der Waals surface area contributed by atoms with Gasteiger partial charge in [0.15, 0.2) is 0 Å². The molecule has 0 bridgehead atoms. The highest BCUT2D eigenvalue weighted by Crippen LogP contribution is 2.22. The minimum Gasteiger partial charge on any atom is -0.368 e. The molecule has 0 unspecified atom stereocenters. The maximum absolute atomic E-state index is 12.5. The molecule has 1 fully saturated rings. The van der Waals surface area contributed by atoms with E-state index >= 15 is 0 Å². The number of piperazine rings is 1. The van der Waals surface area contributed by atoms with Crippen LogP contribution in [0.5, 0.6) is 0 Å². The van der Waals surface area contributed by atoms with E-state index in [4.69, 9.17) is 16.1 Å². The molecular formula is C23H24ClN5O3. The minimum atomic E-state index is -0.184. The number of anilines is 1. The smallest absolute Gasteiger partial charge is 0.242 e. The second-order valence-electron chi connectivity index (χ2n) is 7.63. The number of benzene rings is 2. The van der Waals surface area contributed by atoms with Gasteiger partial charge in [-0.05, 0) is 42.0 Å². The van der Waals surface area contributed by atoms with Crippen molar-refractivity contribution in [1.29, 1.82) is 0 Å². The first-order valence-corrected chi connectivity index (χ1v) is 10.8. The number of hydrogen-bond acceptors (Lipinski definition) is 6. The normalized spacial score (nSPS) is 13.8. The SMILES string of the molecule is Cc1nc(-c2ccc(N3CCN(C(=O)CNC(=O)Cc4ccc(Cl)cc4)CC3)cc2)no1. The molecule has 32 heavy (non-hydrogen) atoms. The second-order valence-corrected chi connectivity index (χ2v) is 8.07. The molecule has 166 valence electrons. The fraction of sp³-hybridized carbons (Fsp3) is 0.304. The fourth-order valence-corrected chi connectivity index (χ4v) is 3.71. The Morgan fingerprint density at radius 3 is 2.34 bits per heavy atom. The summed E-state index contributed by atoms with van der Waals surface area (Å²) in [7, 11) is 0. The van der Waals surface area contributed by atoms with Gasteiger partial charge < -0.3 is 19.6 Å². The third-order valence-corrected chi connectivity index (χ3v) is 5.62. The number of rotatable bonds is 6. The van der Waals surface area contributed by atoms with Gasteiger partial charge in [0.25, 0.3) is 0 Å². The molecule has 1 saturated heterocycles. The zero-order valence-electron chi connectivity index (χ0n) is 17.8. The first-order chi connectivity index (χ1) is 15.5. The Morgan fingerprint density at radius 1 is 1.03 bits per heavy atom. The van der Waals surface area contributed by atoms with Crippen molar-refractivity contribution in [2.24, 2.45) is 0 Å². The minimum absolute atomic E-state index is 0.00520. The summed E-state index contributed by atoms with van der Waals surface area (Å²) in [5, 5.41) is 7.27. The highest BCUT2D eigenvalue weighted by atomic mass is 35.5. The fourth-order valence-electron chi connectivity index (χ4n) is 3.59. The summed E-state index contributed by atoms with van der Waals surface area (Å²) in [6.07, 6.45) is 0.220. The number of amides is 2. The van der Waals surface area contributed by atoms with Gasteiger partial charge in [0, 0.05) is 49.4 Å². The molecule has 2 amide bonds. The highest BCUT2D eigenvalue weighted by molar-refractivity contribution is 6.30. The van der Waals surface area contributed by atoms with Gasteiger partial charge in [-0.25, -0.2) is 0 Å². The summed E-state index contributed by atoms with van der Waals surface area (Å²) in [5.74, 6) is 0.849. The van der Waals surface area contributed by atoms with Crippen molar-refractivity contribution in [2.75, 3.05) is 37.6 Å². The van der Waals surface area contributed by atoms with Crippen molar-refractivity contribution in [3.8, 4) is 11.4 Å². The zero-order valence-corrected chi connectivity index (χ0v) is 18.5. The molecule has 4 rings (SSSR count). The average Bonchev–Trinajstić information content (AvgIpc) is 3.25. The van der Waals surface area contributed by atoms with Crippen LogP contribution in [0.25, 0.3) is 11.4 Å². The lowest BCUT2D eigenvalue weighted by Gasteiger charge is -2.36. The van der Waals surface area contributed by atoms with Crippen molar-refractivity contribution in [3.63, 3.8) is 0 Å². The summed E-state index contributed by atoms with van der Waals surface area (Å²) in [6.45, 7) is 4.44. The van der Waals surface area contributed by atoms with Crippen LogP contribution < -0.4 is 10.2 Å². The van der Waals surface area contributed by atoms with E-state index in [2.05, 4.69) is 20.4 Å². The van der Waals surface area contributed by atoms with Crippen LogP contribution in [0.2, 0.25) is 5.02 Å². The Morgan fingerprint density at radius 2 is 1.72 bits per heavy atom. The maximum Gasteiger partial charge on any atom is 0.242 e. The van der Waals surface area contributed by atoms with Crippen LogP contribution in [0.3, 0.4) is 0 Å². The van der Waals surface area contributed by atoms with Gasteiger partial charge in [-0.3, -0.25) is 9.59 Å². The highest BCUT2D eigenvalue weighted by Gasteiger charge is 2.21. The molecule has 0 atom stereocenters. The van der Waals surface area contributed by atoms with Gasteiger partial charge in [0.2, 0.25) is 23.5 Å². The van der Waals surface area contributed by atoms with E-state index in [1.54, 1.807) is 36.1 Å². The van der Waals surface area contributed by atoms with E-state index in [1.165, 1.54) is 0 Å². The molecule has 2 aromatic carbocycles. The number of aromatic nitrogens is 2. The predicted molar refractivity (Wildman–Crippen MR) is 121 cm³/mol. The van der Waals surface area contributed by atoms with E-state index in [0.717, 1.165) is 29.9 Å². The lowest BCUT2D eigenvalue weighted by molar-refractivity contribution is -0.133. The van der Waals surface area contributed by atoms with Crippen LogP contribution in [-0.2, 0) is 16.0 Å². The third kappa shape index (κ3) is 5.45. The van der Waals surface area contributed by atoms with Gasteiger partial charge in [-0.1, -0.05) is 28.9 Å². The van der Waals surface area contributed by atoms with Crippen molar-refractivity contribution in [1.82, 2.24) is 20.4 Å². The summed E-state index contributed by atoms with van der Waals surface area (Å²) in [4.78, 5) is 32.9. The summed E-state index contributed by atoms with van der Waals surface area (Å²) in [6, 6.07) is 15.1. The lowest BCUT2D eigenvalue weighted by Crippen LogP contribution is -2.51. The molecular weight excluding hydrogens is 430 g/mol. The number of aryl methyl sites for hydroxylation is 1. The lowest BCUT2D eigenvalue weighted by atomic mass is 10.1. The van der Waals surface area contributed by atoms with Gasteiger partial charge in [-0.2, -0.15) is 4.98 Å². The van der Waals surface area contributed by atoms with Gasteiger partial charge in [0.1, 0.15) is 0 Å². The topological polar surface area (TPSA) is 91.6 Å². The molecule has 1 aliphatic heterocycles. The van der Waals surface area contributed by atoms with Crippen LogP contribution in [0.15, 0.2) is 53.1 Å². The maximum atomic E-state index is 12.5. The Hall–Kier alpha value is -3.39. The number of halogens is 1. The van der Waals surface area contributed by atoms with Crippen LogP contribution in [0.4, 0.5) is 5.69 Å². The molecule has 0 aliphatic carbocycles. The Bertz CT molecular complexity index is 1070. The second kappa shape index (κ2) is 9.82. The quantitative estimate of drug-likeness (QED) is 0.617.